The second-order valence-corrected chi connectivity index (χ2v) is 7.78. The lowest BCUT2D eigenvalue weighted by molar-refractivity contribution is -0.140. The van der Waals surface area contributed by atoms with Gasteiger partial charge in [0.2, 0.25) is 0 Å². The molecule has 0 aliphatic carbocycles. The van der Waals surface area contributed by atoms with Gasteiger partial charge in [-0.15, -0.1) is 0 Å². The zero-order valence-corrected chi connectivity index (χ0v) is 18.8. The van der Waals surface area contributed by atoms with Crippen molar-refractivity contribution in [2.75, 3.05) is 13.7 Å². The fourth-order valence-corrected chi connectivity index (χ4v) is 4.00. The number of rotatable bonds is 7. The maximum atomic E-state index is 13.1. The largest absolute Gasteiger partial charge is 0.507 e. The highest BCUT2D eigenvalue weighted by Crippen LogP contribution is 2.41. The highest BCUT2D eigenvalue weighted by atomic mass is 35.5. The third kappa shape index (κ3) is 4.32. The van der Waals surface area contributed by atoms with Crippen LogP contribution in [0, 0.1) is 0 Å². The second kappa shape index (κ2) is 9.42. The number of amides is 1. The van der Waals surface area contributed by atoms with Crippen molar-refractivity contribution in [2.24, 2.45) is 0 Å². The fraction of sp³-hybridized carbons (Fsp3) is 0.200. The van der Waals surface area contributed by atoms with Crippen LogP contribution in [0.5, 0.6) is 11.5 Å². The molecule has 1 saturated heterocycles. The Bertz CT molecular complexity index is 1220. The molecule has 8 heteroatoms. The van der Waals surface area contributed by atoms with Gasteiger partial charge in [-0.25, -0.2) is 0 Å². The van der Waals surface area contributed by atoms with Crippen molar-refractivity contribution in [1.29, 1.82) is 0 Å². The summed E-state index contributed by atoms with van der Waals surface area (Å²) in [5, 5.41) is 11.5. The quantitative estimate of drug-likeness (QED) is 0.300. The molecule has 2 heterocycles. The van der Waals surface area contributed by atoms with Crippen molar-refractivity contribution in [3.8, 4) is 11.5 Å². The minimum atomic E-state index is -0.905. The van der Waals surface area contributed by atoms with E-state index in [-0.39, 0.29) is 17.9 Å². The van der Waals surface area contributed by atoms with Gasteiger partial charge in [0.1, 0.15) is 29.1 Å². The van der Waals surface area contributed by atoms with Crippen LogP contribution in [-0.4, -0.2) is 35.4 Å². The number of hydrogen-bond acceptors (Lipinski definition) is 6. The number of ketones is 1. The molecule has 7 nitrogen and oxygen atoms in total. The monoisotopic (exact) mass is 467 g/mol. The van der Waals surface area contributed by atoms with Crippen LogP contribution in [0.3, 0.4) is 0 Å². The highest BCUT2D eigenvalue weighted by molar-refractivity contribution is 6.46. The maximum Gasteiger partial charge on any atom is 0.296 e. The van der Waals surface area contributed by atoms with E-state index < -0.39 is 17.7 Å². The van der Waals surface area contributed by atoms with Gasteiger partial charge in [0.15, 0.2) is 0 Å². The first-order valence-corrected chi connectivity index (χ1v) is 10.7. The molecule has 0 saturated carbocycles. The van der Waals surface area contributed by atoms with Crippen molar-refractivity contribution in [3.05, 3.63) is 88.3 Å². The summed E-state index contributed by atoms with van der Waals surface area (Å²) < 4.78 is 16.3. The molecule has 1 aliphatic rings. The van der Waals surface area contributed by atoms with Gasteiger partial charge in [0.25, 0.3) is 11.7 Å². The molecule has 1 fully saturated rings. The average Bonchev–Trinajstić information content (AvgIpc) is 3.43. The van der Waals surface area contributed by atoms with Crippen LogP contribution in [-0.2, 0) is 16.1 Å². The van der Waals surface area contributed by atoms with Crippen molar-refractivity contribution < 1.29 is 28.6 Å². The number of ether oxygens (including phenoxy) is 2. The van der Waals surface area contributed by atoms with E-state index in [0.717, 1.165) is 5.56 Å². The Morgan fingerprint density at radius 3 is 2.67 bits per heavy atom. The normalized spacial score (nSPS) is 17.4. The number of aliphatic hydroxyl groups is 1. The first-order chi connectivity index (χ1) is 15.9. The summed E-state index contributed by atoms with van der Waals surface area (Å²) in [5.74, 6) is -0.519. The van der Waals surface area contributed by atoms with Crippen molar-refractivity contribution in [3.63, 3.8) is 0 Å². The van der Waals surface area contributed by atoms with Crippen molar-refractivity contribution in [1.82, 2.24) is 4.90 Å². The minimum absolute atomic E-state index is 0.0670. The van der Waals surface area contributed by atoms with Gasteiger partial charge in [-0.1, -0.05) is 23.7 Å². The van der Waals surface area contributed by atoms with Crippen LogP contribution in [0.15, 0.2) is 70.9 Å². The smallest absolute Gasteiger partial charge is 0.296 e. The SMILES string of the molecule is CCOc1cc(/C(O)=C2/C(=O)C(=O)N(Cc3cccc(OC)c3)C2c2ccco2)ccc1Cl. The number of carbonyl (C=O) groups excluding carboxylic acids is 2. The minimum Gasteiger partial charge on any atom is -0.507 e. The van der Waals surface area contributed by atoms with Crippen molar-refractivity contribution in [2.45, 2.75) is 19.5 Å². The van der Waals surface area contributed by atoms with Gasteiger partial charge in [0, 0.05) is 12.1 Å². The second-order valence-electron chi connectivity index (χ2n) is 7.37. The van der Waals surface area contributed by atoms with Crippen LogP contribution >= 0.6 is 11.6 Å². The maximum absolute atomic E-state index is 13.1. The molecule has 2 aromatic carbocycles. The molecule has 1 N–H and O–H groups in total. The fourth-order valence-electron chi connectivity index (χ4n) is 3.83. The van der Waals surface area contributed by atoms with E-state index >= 15 is 0 Å². The van der Waals surface area contributed by atoms with Gasteiger partial charge in [0.05, 0.1) is 30.6 Å². The standard InChI is InChI=1S/C25H22ClNO6/c1-3-32-20-13-16(9-10-18(20)26)23(28)21-22(19-8-5-11-33-19)27(25(30)24(21)29)14-15-6-4-7-17(12-15)31-2/h4-13,22,28H,3,14H2,1-2H3/b23-21-. The number of nitrogens with zero attached hydrogens (tertiary/aromatic N) is 1. The van der Waals surface area contributed by atoms with E-state index in [1.807, 2.05) is 13.0 Å². The summed E-state index contributed by atoms with van der Waals surface area (Å²) in [7, 11) is 1.55. The summed E-state index contributed by atoms with van der Waals surface area (Å²) in [5.41, 5.74) is 0.999. The number of methoxy groups -OCH3 is 1. The Balaban J connectivity index is 1.81. The first kappa shape index (κ1) is 22.5. The molecule has 0 radical (unpaired) electrons. The van der Waals surface area contributed by atoms with Crippen LogP contribution in [0.1, 0.15) is 29.9 Å². The molecular formula is C25H22ClNO6. The zero-order chi connectivity index (χ0) is 23.5. The Morgan fingerprint density at radius 1 is 1.15 bits per heavy atom. The molecule has 1 aliphatic heterocycles. The zero-order valence-electron chi connectivity index (χ0n) is 18.1. The number of hydrogen-bond donors (Lipinski definition) is 1. The lowest BCUT2D eigenvalue weighted by Gasteiger charge is -2.23. The third-order valence-electron chi connectivity index (χ3n) is 5.34. The summed E-state index contributed by atoms with van der Waals surface area (Å²) in [6.45, 7) is 2.31. The van der Waals surface area contributed by atoms with E-state index in [2.05, 4.69) is 0 Å². The van der Waals surface area contributed by atoms with Crippen LogP contribution in [0.25, 0.3) is 5.76 Å². The third-order valence-corrected chi connectivity index (χ3v) is 5.66. The molecule has 1 atom stereocenters. The predicted octanol–water partition coefficient (Wildman–Crippen LogP) is 4.96. The summed E-state index contributed by atoms with van der Waals surface area (Å²) in [4.78, 5) is 27.5. The van der Waals surface area contributed by atoms with Crippen LogP contribution < -0.4 is 9.47 Å². The number of halogens is 1. The molecule has 170 valence electrons. The molecule has 1 amide bonds. The number of benzene rings is 2. The van der Waals surface area contributed by atoms with Crippen LogP contribution in [0.2, 0.25) is 5.02 Å². The van der Waals surface area contributed by atoms with Gasteiger partial charge in [-0.2, -0.15) is 0 Å². The molecule has 0 bridgehead atoms. The highest BCUT2D eigenvalue weighted by Gasteiger charge is 2.47. The molecule has 1 unspecified atom stereocenters. The average molecular weight is 468 g/mol. The van der Waals surface area contributed by atoms with Crippen molar-refractivity contribution >= 4 is 29.1 Å². The number of Topliss-reactive ketones (excluding diaryl/α,β-unsaturated/α-hetero) is 1. The Hall–Kier alpha value is -3.71. The lowest BCUT2D eigenvalue weighted by atomic mass is 9.99. The summed E-state index contributed by atoms with van der Waals surface area (Å²) in [6.07, 6.45) is 1.45. The number of carbonyl (C=O) groups is 2. The van der Waals surface area contributed by atoms with Crippen LogP contribution in [0.4, 0.5) is 0 Å². The van der Waals surface area contributed by atoms with Gasteiger partial charge in [-0.3, -0.25) is 9.59 Å². The number of furan rings is 1. The van der Waals surface area contributed by atoms with E-state index in [0.29, 0.717) is 34.5 Å². The first-order valence-electron chi connectivity index (χ1n) is 10.3. The number of aliphatic hydroxyl groups excluding tert-OH is 1. The van der Waals surface area contributed by atoms with E-state index in [1.54, 1.807) is 49.6 Å². The molecule has 3 aromatic rings. The lowest BCUT2D eigenvalue weighted by Crippen LogP contribution is -2.29. The topological polar surface area (TPSA) is 89.2 Å². The Labute approximate surface area is 195 Å². The van der Waals surface area contributed by atoms with E-state index in [1.165, 1.54) is 17.2 Å². The Kier molecular flexibility index (Phi) is 6.42. The van der Waals surface area contributed by atoms with Gasteiger partial charge in [-0.05, 0) is 55.0 Å². The summed E-state index contributed by atoms with van der Waals surface area (Å²) >= 11 is 6.16. The molecule has 0 spiro atoms. The van der Waals surface area contributed by atoms with E-state index in [9.17, 15) is 14.7 Å². The number of likely N-dealkylation sites (tertiary alicyclic amines) is 1. The molecule has 33 heavy (non-hydrogen) atoms. The Morgan fingerprint density at radius 2 is 1.97 bits per heavy atom. The van der Waals surface area contributed by atoms with E-state index in [4.69, 9.17) is 25.5 Å². The molecule has 4 rings (SSSR count). The van der Waals surface area contributed by atoms with Gasteiger partial charge >= 0.3 is 0 Å². The summed E-state index contributed by atoms with van der Waals surface area (Å²) in [6, 6.07) is 14.3. The molecule has 1 aromatic heterocycles. The predicted molar refractivity (Wildman–Crippen MR) is 122 cm³/mol. The van der Waals surface area contributed by atoms with Gasteiger partial charge < -0.3 is 23.9 Å². The molecular weight excluding hydrogens is 446 g/mol.